The van der Waals surface area contributed by atoms with E-state index in [2.05, 4.69) is 28.1 Å². The number of carbonyl (C=O) groups excluding carboxylic acids is 1. The summed E-state index contributed by atoms with van der Waals surface area (Å²) in [7, 11) is -3.73. The average molecular weight is 600 g/mol. The molecule has 1 N–H and O–H groups in total. The molecule has 0 radical (unpaired) electrons. The summed E-state index contributed by atoms with van der Waals surface area (Å²) in [5.74, 6) is 0.0457. The molecule has 0 saturated carbocycles. The maximum absolute atomic E-state index is 13.5. The van der Waals surface area contributed by atoms with Gasteiger partial charge in [-0.15, -0.1) is 0 Å². The average Bonchev–Trinajstić information content (AvgIpc) is 2.98. The summed E-state index contributed by atoms with van der Waals surface area (Å²) in [6.45, 7) is 10.0. The number of rotatable bonds is 8. The van der Waals surface area contributed by atoms with E-state index in [0.29, 0.717) is 44.2 Å². The molecule has 0 unspecified atom stereocenters. The van der Waals surface area contributed by atoms with E-state index >= 15 is 0 Å². The number of amides is 1. The first-order chi connectivity index (χ1) is 19.7. The van der Waals surface area contributed by atoms with Crippen LogP contribution >= 0.6 is 11.6 Å². The molecule has 0 atom stereocenters. The summed E-state index contributed by atoms with van der Waals surface area (Å²) in [5, 5.41) is 3.86. The first kappa shape index (κ1) is 29.6. The molecule has 2 aliphatic rings. The van der Waals surface area contributed by atoms with E-state index in [9.17, 15) is 18.0 Å². The van der Waals surface area contributed by atoms with Gasteiger partial charge in [0.2, 0.25) is 15.5 Å². The summed E-state index contributed by atoms with van der Waals surface area (Å²) in [6, 6.07) is 12.5. The van der Waals surface area contributed by atoms with Crippen molar-refractivity contribution >= 4 is 44.1 Å². The predicted octanol–water partition coefficient (Wildman–Crippen LogP) is 3.65. The van der Waals surface area contributed by atoms with E-state index in [-0.39, 0.29) is 15.8 Å². The van der Waals surface area contributed by atoms with E-state index in [0.717, 1.165) is 49.7 Å². The van der Waals surface area contributed by atoms with Gasteiger partial charge in [-0.3, -0.25) is 14.5 Å². The molecule has 2 fully saturated rings. The number of sulfonamides is 1. The van der Waals surface area contributed by atoms with E-state index in [1.807, 2.05) is 29.7 Å². The van der Waals surface area contributed by atoms with E-state index in [1.165, 1.54) is 10.4 Å². The Morgan fingerprint density at radius 3 is 2.44 bits per heavy atom. The van der Waals surface area contributed by atoms with E-state index < -0.39 is 21.4 Å². The van der Waals surface area contributed by atoms with E-state index in [1.54, 1.807) is 18.3 Å². The van der Waals surface area contributed by atoms with Crippen LogP contribution in [0.25, 0.3) is 10.9 Å². The molecule has 11 heteroatoms. The summed E-state index contributed by atoms with van der Waals surface area (Å²) < 4.78 is 30.0. The smallest absolute Gasteiger partial charge is 0.256 e. The molecule has 9 nitrogen and oxygen atoms in total. The van der Waals surface area contributed by atoms with Crippen LogP contribution in [0.1, 0.15) is 37.0 Å². The summed E-state index contributed by atoms with van der Waals surface area (Å²) in [5.41, 5.74) is 1.28. The third-order valence-corrected chi connectivity index (χ3v) is 10.4. The Morgan fingerprint density at radius 2 is 1.76 bits per heavy atom. The van der Waals surface area contributed by atoms with Gasteiger partial charge in [-0.1, -0.05) is 24.6 Å². The number of hydrogen-bond donors (Lipinski definition) is 1. The Balaban J connectivity index is 1.26. The standard InChI is InChI=1S/C30H38ClN5O4S/c1-3-34-21-27(30(38)32-11-14-33-15-17-35(18-16-33)24-6-4-5-23(31)19-24)29(37)26-20-25(7-8-28(26)34)41(39,40)36-12-9-22(2)10-13-36/h4-8,19-22H,3,9-18H2,1-2H3,(H,32,38). The topological polar surface area (TPSA) is 95.0 Å². The van der Waals surface area contributed by atoms with Gasteiger partial charge >= 0.3 is 0 Å². The van der Waals surface area contributed by atoms with Crippen LogP contribution in [0, 0.1) is 5.92 Å². The van der Waals surface area contributed by atoms with Crippen LogP contribution in [0.4, 0.5) is 5.69 Å². The molecule has 41 heavy (non-hydrogen) atoms. The summed E-state index contributed by atoms with van der Waals surface area (Å²) >= 11 is 6.14. The maximum Gasteiger partial charge on any atom is 0.256 e. The Kier molecular flexibility index (Phi) is 9.03. The van der Waals surface area contributed by atoms with Crippen molar-refractivity contribution in [2.45, 2.75) is 38.1 Å². The van der Waals surface area contributed by atoms with Crippen LogP contribution in [-0.2, 0) is 16.6 Å². The monoisotopic (exact) mass is 599 g/mol. The number of halogens is 1. The Hall–Kier alpha value is -2.92. The fourth-order valence-electron chi connectivity index (χ4n) is 5.66. The normalized spacial score (nSPS) is 17.7. The van der Waals surface area contributed by atoms with Crippen molar-refractivity contribution in [1.29, 1.82) is 0 Å². The van der Waals surface area contributed by atoms with Crippen LogP contribution in [0.15, 0.2) is 58.4 Å². The highest BCUT2D eigenvalue weighted by Crippen LogP contribution is 2.26. The molecule has 3 heterocycles. The number of aryl methyl sites for hydroxylation is 1. The van der Waals surface area contributed by atoms with Crippen molar-refractivity contribution in [3.8, 4) is 0 Å². The summed E-state index contributed by atoms with van der Waals surface area (Å²) in [4.78, 5) is 31.3. The minimum atomic E-state index is -3.73. The van der Waals surface area contributed by atoms with Crippen molar-refractivity contribution in [3.05, 3.63) is 69.5 Å². The number of hydrogen-bond acceptors (Lipinski definition) is 6. The lowest BCUT2D eigenvalue weighted by Gasteiger charge is -2.36. The second kappa shape index (κ2) is 12.5. The van der Waals surface area contributed by atoms with Crippen molar-refractivity contribution < 1.29 is 13.2 Å². The van der Waals surface area contributed by atoms with Crippen LogP contribution in [0.3, 0.4) is 0 Å². The SMILES string of the molecule is CCn1cc(C(=O)NCCN2CCN(c3cccc(Cl)c3)CC2)c(=O)c2cc(S(=O)(=O)N3CCC(C)CC3)ccc21. The van der Waals surface area contributed by atoms with Gasteiger partial charge in [0, 0.05) is 81.2 Å². The summed E-state index contributed by atoms with van der Waals surface area (Å²) in [6.07, 6.45) is 3.21. The predicted molar refractivity (Wildman–Crippen MR) is 163 cm³/mol. The largest absolute Gasteiger partial charge is 0.369 e. The Bertz CT molecular complexity index is 1580. The highest BCUT2D eigenvalue weighted by Gasteiger charge is 2.29. The first-order valence-electron chi connectivity index (χ1n) is 14.4. The van der Waals surface area contributed by atoms with Gasteiger partial charge in [0.15, 0.2) is 0 Å². The molecule has 0 bridgehead atoms. The van der Waals surface area contributed by atoms with Gasteiger partial charge in [-0.2, -0.15) is 4.31 Å². The van der Waals surface area contributed by atoms with Gasteiger partial charge < -0.3 is 14.8 Å². The fourth-order valence-corrected chi connectivity index (χ4v) is 7.34. The molecular weight excluding hydrogens is 562 g/mol. The number of nitrogens with one attached hydrogen (secondary N) is 1. The maximum atomic E-state index is 13.5. The Morgan fingerprint density at radius 1 is 1.02 bits per heavy atom. The second-order valence-electron chi connectivity index (χ2n) is 11.0. The third-order valence-electron chi connectivity index (χ3n) is 8.28. The van der Waals surface area contributed by atoms with Crippen LogP contribution in [0.5, 0.6) is 0 Å². The van der Waals surface area contributed by atoms with Gasteiger partial charge in [0.05, 0.1) is 10.4 Å². The number of pyridine rings is 1. The molecule has 1 amide bonds. The number of piperidine rings is 1. The highest BCUT2D eigenvalue weighted by molar-refractivity contribution is 7.89. The lowest BCUT2D eigenvalue weighted by Crippen LogP contribution is -2.48. The highest BCUT2D eigenvalue weighted by atomic mass is 35.5. The molecule has 2 aromatic carbocycles. The van der Waals surface area contributed by atoms with Crippen molar-refractivity contribution in [3.63, 3.8) is 0 Å². The van der Waals surface area contributed by atoms with Crippen molar-refractivity contribution in [2.24, 2.45) is 5.92 Å². The number of anilines is 1. The van der Waals surface area contributed by atoms with Gasteiger partial charge in [-0.25, -0.2) is 8.42 Å². The lowest BCUT2D eigenvalue weighted by atomic mass is 10.0. The van der Waals surface area contributed by atoms with Crippen LogP contribution < -0.4 is 15.6 Å². The number of nitrogens with zero attached hydrogens (tertiary/aromatic N) is 4. The molecule has 220 valence electrons. The molecule has 2 aliphatic heterocycles. The number of fused-ring (bicyclic) bond motifs is 1. The minimum absolute atomic E-state index is 0.0199. The molecule has 0 aliphatic carbocycles. The number of carbonyl (C=O) groups is 1. The number of aromatic nitrogens is 1. The molecule has 5 rings (SSSR count). The van der Waals surface area contributed by atoms with Gasteiger partial charge in [0.25, 0.3) is 5.91 Å². The van der Waals surface area contributed by atoms with Crippen molar-refractivity contribution in [1.82, 2.24) is 19.1 Å². The lowest BCUT2D eigenvalue weighted by molar-refractivity contribution is 0.0946. The number of benzene rings is 2. The molecule has 1 aromatic heterocycles. The zero-order chi connectivity index (χ0) is 29.1. The van der Waals surface area contributed by atoms with Gasteiger partial charge in [-0.05, 0) is 62.1 Å². The number of piperazine rings is 1. The minimum Gasteiger partial charge on any atom is -0.369 e. The quantitative estimate of drug-likeness (QED) is 0.425. The fraction of sp³-hybridized carbons (Fsp3) is 0.467. The molecular formula is C30H38ClN5O4S. The molecule has 2 saturated heterocycles. The Labute approximate surface area is 246 Å². The van der Waals surface area contributed by atoms with E-state index in [4.69, 9.17) is 11.6 Å². The van der Waals surface area contributed by atoms with Crippen LogP contribution in [0.2, 0.25) is 5.02 Å². The third kappa shape index (κ3) is 6.45. The van der Waals surface area contributed by atoms with Crippen LogP contribution in [-0.4, -0.2) is 80.5 Å². The zero-order valence-electron chi connectivity index (χ0n) is 23.7. The van der Waals surface area contributed by atoms with Gasteiger partial charge in [0.1, 0.15) is 5.56 Å². The molecule has 3 aromatic rings. The second-order valence-corrected chi connectivity index (χ2v) is 13.4. The zero-order valence-corrected chi connectivity index (χ0v) is 25.3. The molecule has 0 spiro atoms. The van der Waals surface area contributed by atoms with Crippen molar-refractivity contribution in [2.75, 3.05) is 57.3 Å². The first-order valence-corrected chi connectivity index (χ1v) is 16.2.